The van der Waals surface area contributed by atoms with Crippen LogP contribution in [0.4, 0.5) is 0 Å². The Morgan fingerprint density at radius 1 is 0.960 bits per heavy atom. The molecule has 1 aromatic rings. The standard InChI is InChI=1S/C20H25ClN2O2/c21-16-7-5-15(6-8-16)20(11-3-4-12-20)22-14-23-17(24)13-19(18(23)25)9-1-2-10-19/h5-8,22H,1-4,9-14H2. The number of likely N-dealkylation sites (tertiary alicyclic amines) is 1. The topological polar surface area (TPSA) is 49.4 Å². The highest BCUT2D eigenvalue weighted by molar-refractivity contribution is 6.30. The maximum atomic E-state index is 12.9. The van der Waals surface area contributed by atoms with Gasteiger partial charge in [0.05, 0.1) is 12.1 Å². The van der Waals surface area contributed by atoms with Gasteiger partial charge in [-0.2, -0.15) is 0 Å². The Hall–Kier alpha value is -1.39. The Labute approximate surface area is 153 Å². The highest BCUT2D eigenvalue weighted by Crippen LogP contribution is 2.47. The molecule has 0 aromatic heterocycles. The Morgan fingerprint density at radius 3 is 2.20 bits per heavy atom. The number of hydrogen-bond donors (Lipinski definition) is 1. The van der Waals surface area contributed by atoms with Gasteiger partial charge in [0.2, 0.25) is 11.8 Å². The third kappa shape index (κ3) is 2.89. The molecule has 1 heterocycles. The van der Waals surface area contributed by atoms with E-state index < -0.39 is 0 Å². The molecule has 0 bridgehead atoms. The van der Waals surface area contributed by atoms with Crippen LogP contribution in [-0.4, -0.2) is 23.4 Å². The zero-order valence-electron chi connectivity index (χ0n) is 14.5. The fourth-order valence-electron chi connectivity index (χ4n) is 5.01. The Morgan fingerprint density at radius 2 is 1.56 bits per heavy atom. The zero-order chi connectivity index (χ0) is 17.5. The number of carbonyl (C=O) groups is 2. The van der Waals surface area contributed by atoms with Crippen LogP contribution in [0.15, 0.2) is 24.3 Å². The van der Waals surface area contributed by atoms with E-state index in [-0.39, 0.29) is 22.8 Å². The molecule has 1 spiro atoms. The van der Waals surface area contributed by atoms with E-state index >= 15 is 0 Å². The smallest absolute Gasteiger partial charge is 0.237 e. The summed E-state index contributed by atoms with van der Waals surface area (Å²) in [5.41, 5.74) is 0.655. The van der Waals surface area contributed by atoms with Crippen LogP contribution in [0, 0.1) is 5.41 Å². The predicted octanol–water partition coefficient (Wildman–Crippen LogP) is 3.98. The summed E-state index contributed by atoms with van der Waals surface area (Å²) in [6, 6.07) is 7.95. The first kappa shape index (κ1) is 17.0. The molecule has 0 atom stereocenters. The van der Waals surface area contributed by atoms with Gasteiger partial charge in [-0.15, -0.1) is 0 Å². The van der Waals surface area contributed by atoms with Crippen molar-refractivity contribution in [1.29, 1.82) is 0 Å². The van der Waals surface area contributed by atoms with Gasteiger partial charge in [-0.1, -0.05) is 49.4 Å². The lowest BCUT2D eigenvalue weighted by Crippen LogP contribution is -2.48. The molecule has 5 heteroatoms. The molecule has 2 amide bonds. The molecule has 1 aliphatic heterocycles. The van der Waals surface area contributed by atoms with Crippen LogP contribution in [0.5, 0.6) is 0 Å². The van der Waals surface area contributed by atoms with E-state index in [1.54, 1.807) is 0 Å². The predicted molar refractivity (Wildman–Crippen MR) is 97.0 cm³/mol. The van der Waals surface area contributed by atoms with Crippen LogP contribution in [0.25, 0.3) is 0 Å². The van der Waals surface area contributed by atoms with Crippen molar-refractivity contribution in [1.82, 2.24) is 10.2 Å². The second-order valence-electron chi connectivity index (χ2n) is 7.92. The van der Waals surface area contributed by atoms with Crippen molar-refractivity contribution < 1.29 is 9.59 Å². The van der Waals surface area contributed by atoms with Crippen molar-refractivity contribution >= 4 is 23.4 Å². The van der Waals surface area contributed by atoms with E-state index in [9.17, 15) is 9.59 Å². The number of benzene rings is 1. The monoisotopic (exact) mass is 360 g/mol. The van der Waals surface area contributed by atoms with Gasteiger partial charge < -0.3 is 0 Å². The van der Waals surface area contributed by atoms with Crippen LogP contribution in [-0.2, 0) is 15.1 Å². The van der Waals surface area contributed by atoms with E-state index in [1.807, 2.05) is 12.1 Å². The lowest BCUT2D eigenvalue weighted by molar-refractivity contribution is -0.142. The van der Waals surface area contributed by atoms with Gasteiger partial charge in [0.15, 0.2) is 0 Å². The third-order valence-corrected chi connectivity index (χ3v) is 6.73. The molecule has 1 N–H and O–H groups in total. The lowest BCUT2D eigenvalue weighted by atomic mass is 9.84. The molecule has 2 saturated carbocycles. The first-order chi connectivity index (χ1) is 12.0. The average Bonchev–Trinajstić information content (AvgIpc) is 3.30. The summed E-state index contributed by atoms with van der Waals surface area (Å²) in [4.78, 5) is 26.8. The Bertz CT molecular complexity index is 673. The van der Waals surface area contributed by atoms with Crippen molar-refractivity contribution in [2.24, 2.45) is 5.41 Å². The molecular formula is C20H25ClN2O2. The lowest BCUT2D eigenvalue weighted by Gasteiger charge is -2.33. The van der Waals surface area contributed by atoms with Crippen LogP contribution >= 0.6 is 11.6 Å². The number of amides is 2. The van der Waals surface area contributed by atoms with Gasteiger partial charge >= 0.3 is 0 Å². The third-order valence-electron chi connectivity index (χ3n) is 6.48. The van der Waals surface area contributed by atoms with Gasteiger partial charge in [-0.3, -0.25) is 19.8 Å². The van der Waals surface area contributed by atoms with Crippen molar-refractivity contribution in [2.45, 2.75) is 63.3 Å². The zero-order valence-corrected chi connectivity index (χ0v) is 15.3. The summed E-state index contributed by atoms with van der Waals surface area (Å²) >= 11 is 6.03. The summed E-state index contributed by atoms with van der Waals surface area (Å²) in [7, 11) is 0. The van der Waals surface area contributed by atoms with E-state index in [1.165, 1.54) is 10.5 Å². The van der Waals surface area contributed by atoms with Gasteiger partial charge in [0.25, 0.3) is 0 Å². The summed E-state index contributed by atoms with van der Waals surface area (Å²) in [6.07, 6.45) is 8.63. The molecular weight excluding hydrogens is 336 g/mol. The molecule has 1 aromatic carbocycles. The molecule has 0 radical (unpaired) electrons. The second-order valence-corrected chi connectivity index (χ2v) is 8.36. The maximum absolute atomic E-state index is 12.9. The minimum atomic E-state index is -0.387. The van der Waals surface area contributed by atoms with Gasteiger partial charge in [-0.05, 0) is 43.4 Å². The molecule has 1 saturated heterocycles. The van der Waals surface area contributed by atoms with Crippen LogP contribution in [0.1, 0.15) is 63.4 Å². The van der Waals surface area contributed by atoms with Gasteiger partial charge in [0, 0.05) is 17.0 Å². The maximum Gasteiger partial charge on any atom is 0.237 e. The van der Waals surface area contributed by atoms with Crippen molar-refractivity contribution in [3.63, 3.8) is 0 Å². The van der Waals surface area contributed by atoms with E-state index in [0.717, 1.165) is 56.4 Å². The Balaban J connectivity index is 1.51. The highest BCUT2D eigenvalue weighted by atomic mass is 35.5. The van der Waals surface area contributed by atoms with Crippen LogP contribution in [0.2, 0.25) is 5.02 Å². The molecule has 3 fully saturated rings. The molecule has 2 aliphatic carbocycles. The van der Waals surface area contributed by atoms with Crippen LogP contribution < -0.4 is 5.32 Å². The Kier molecular flexibility index (Phi) is 4.37. The number of imide groups is 1. The SMILES string of the molecule is O=C1CC2(CCCC2)C(=O)N1CNC1(c2ccc(Cl)cc2)CCCC1. The summed E-state index contributed by atoms with van der Waals surface area (Å²) in [6.45, 7) is 0.321. The van der Waals surface area contributed by atoms with Crippen molar-refractivity contribution in [2.75, 3.05) is 6.67 Å². The van der Waals surface area contributed by atoms with E-state index in [0.29, 0.717) is 13.1 Å². The minimum absolute atomic E-state index is 0.0105. The van der Waals surface area contributed by atoms with Crippen LogP contribution in [0.3, 0.4) is 0 Å². The number of rotatable bonds is 4. The number of nitrogens with one attached hydrogen (secondary N) is 1. The van der Waals surface area contributed by atoms with Gasteiger partial charge in [0.1, 0.15) is 0 Å². The summed E-state index contributed by atoms with van der Waals surface area (Å²) in [5, 5.41) is 4.31. The number of halogens is 1. The van der Waals surface area contributed by atoms with E-state index in [4.69, 9.17) is 11.6 Å². The summed E-state index contributed by atoms with van der Waals surface area (Å²) < 4.78 is 0. The normalized spacial score (nSPS) is 24.6. The number of hydrogen-bond acceptors (Lipinski definition) is 3. The first-order valence-corrected chi connectivity index (χ1v) is 9.78. The first-order valence-electron chi connectivity index (χ1n) is 9.41. The molecule has 4 rings (SSSR count). The summed E-state index contributed by atoms with van der Waals surface area (Å²) in [5.74, 6) is 0.0374. The molecule has 134 valence electrons. The van der Waals surface area contributed by atoms with Gasteiger partial charge in [-0.25, -0.2) is 0 Å². The number of carbonyl (C=O) groups excluding carboxylic acids is 2. The fraction of sp³-hybridized carbons (Fsp3) is 0.600. The van der Waals surface area contributed by atoms with E-state index in [2.05, 4.69) is 17.4 Å². The largest absolute Gasteiger partial charge is 0.290 e. The number of nitrogens with zero attached hydrogens (tertiary/aromatic N) is 1. The van der Waals surface area contributed by atoms with Crippen molar-refractivity contribution in [3.05, 3.63) is 34.9 Å². The fourth-order valence-corrected chi connectivity index (χ4v) is 5.13. The molecule has 0 unspecified atom stereocenters. The quantitative estimate of drug-likeness (QED) is 0.826. The second kappa shape index (κ2) is 6.40. The molecule has 3 aliphatic rings. The minimum Gasteiger partial charge on any atom is -0.290 e. The highest BCUT2D eigenvalue weighted by Gasteiger charge is 2.52. The molecule has 25 heavy (non-hydrogen) atoms. The average molecular weight is 361 g/mol. The van der Waals surface area contributed by atoms with Crippen molar-refractivity contribution in [3.8, 4) is 0 Å². The molecule has 4 nitrogen and oxygen atoms in total.